The van der Waals surface area contributed by atoms with Crippen LogP contribution in [-0.2, 0) is 6.54 Å². The molecule has 0 unspecified atom stereocenters. The van der Waals surface area contributed by atoms with Gasteiger partial charge in [-0.1, -0.05) is 30.3 Å². The fourth-order valence-corrected chi connectivity index (χ4v) is 2.31. The molecule has 2 amide bonds. The van der Waals surface area contributed by atoms with Crippen molar-refractivity contribution >= 4 is 17.4 Å². The van der Waals surface area contributed by atoms with Crippen LogP contribution < -0.4 is 10.6 Å². The first kappa shape index (κ1) is 14.1. The summed E-state index contributed by atoms with van der Waals surface area (Å²) in [7, 11) is 0. The summed E-state index contributed by atoms with van der Waals surface area (Å²) in [6.45, 7) is 4.48. The molecule has 112 valence electrons. The molecule has 0 aliphatic heterocycles. The zero-order valence-electron chi connectivity index (χ0n) is 12.6. The van der Waals surface area contributed by atoms with Gasteiger partial charge in [-0.2, -0.15) is 0 Å². The summed E-state index contributed by atoms with van der Waals surface area (Å²) in [6.07, 6.45) is 1.88. The molecular weight excluding hydrogens is 276 g/mol. The number of carbonyl (C=O) groups excluding carboxylic acids is 1. The number of aromatic nitrogens is 2. The number of pyridine rings is 1. The highest BCUT2D eigenvalue weighted by Gasteiger charge is 2.06. The molecule has 5 heteroatoms. The van der Waals surface area contributed by atoms with Gasteiger partial charge in [0.25, 0.3) is 0 Å². The van der Waals surface area contributed by atoms with Crippen molar-refractivity contribution in [1.82, 2.24) is 14.7 Å². The van der Waals surface area contributed by atoms with Crippen molar-refractivity contribution < 1.29 is 4.79 Å². The summed E-state index contributed by atoms with van der Waals surface area (Å²) in [5, 5.41) is 5.68. The summed E-state index contributed by atoms with van der Waals surface area (Å²) in [5.74, 6) is 0. The van der Waals surface area contributed by atoms with Gasteiger partial charge in [-0.3, -0.25) is 0 Å². The van der Waals surface area contributed by atoms with Crippen LogP contribution in [0.3, 0.4) is 0 Å². The molecule has 0 fully saturated rings. The molecule has 1 aromatic carbocycles. The third kappa shape index (κ3) is 2.93. The summed E-state index contributed by atoms with van der Waals surface area (Å²) in [5.41, 5.74) is 4.74. The summed E-state index contributed by atoms with van der Waals surface area (Å²) < 4.78 is 1.97. The van der Waals surface area contributed by atoms with Crippen molar-refractivity contribution in [2.24, 2.45) is 0 Å². The molecule has 2 N–H and O–H groups in total. The molecule has 0 aliphatic carbocycles. The van der Waals surface area contributed by atoms with Crippen molar-refractivity contribution in [3.05, 3.63) is 65.6 Å². The van der Waals surface area contributed by atoms with Crippen molar-refractivity contribution in [2.75, 3.05) is 5.32 Å². The molecule has 0 radical (unpaired) electrons. The second-order valence-corrected chi connectivity index (χ2v) is 5.22. The van der Waals surface area contributed by atoms with E-state index in [1.165, 1.54) is 0 Å². The Bertz CT molecular complexity index is 808. The topological polar surface area (TPSA) is 58.4 Å². The van der Waals surface area contributed by atoms with Gasteiger partial charge in [-0.05, 0) is 31.5 Å². The van der Waals surface area contributed by atoms with Gasteiger partial charge >= 0.3 is 6.03 Å². The summed E-state index contributed by atoms with van der Waals surface area (Å²) in [6, 6.07) is 13.3. The van der Waals surface area contributed by atoms with E-state index < -0.39 is 0 Å². The van der Waals surface area contributed by atoms with Gasteiger partial charge in [0.2, 0.25) is 0 Å². The lowest BCUT2D eigenvalue weighted by Gasteiger charge is -2.08. The first-order valence-electron chi connectivity index (χ1n) is 7.17. The summed E-state index contributed by atoms with van der Waals surface area (Å²) >= 11 is 0. The van der Waals surface area contributed by atoms with E-state index in [0.717, 1.165) is 28.3 Å². The highest BCUT2D eigenvalue weighted by atomic mass is 16.2. The number of hydrogen-bond acceptors (Lipinski definition) is 2. The standard InChI is InChI=1S/C17H18N4O/c1-12-13(2)21-11-15(8-9-16(21)19-12)20-17(22)18-10-14-6-4-3-5-7-14/h3-9,11H,10H2,1-2H3,(H2,18,20,22). The van der Waals surface area contributed by atoms with Gasteiger partial charge in [-0.15, -0.1) is 0 Å². The van der Waals surface area contributed by atoms with Crippen LogP contribution in [0.1, 0.15) is 17.0 Å². The molecule has 0 bridgehead atoms. The molecule has 0 saturated heterocycles. The van der Waals surface area contributed by atoms with E-state index in [-0.39, 0.29) is 6.03 Å². The number of nitrogens with zero attached hydrogens (tertiary/aromatic N) is 2. The van der Waals surface area contributed by atoms with E-state index in [2.05, 4.69) is 15.6 Å². The normalized spacial score (nSPS) is 10.6. The van der Waals surface area contributed by atoms with Crippen LogP contribution in [0, 0.1) is 13.8 Å². The number of carbonyl (C=O) groups is 1. The smallest absolute Gasteiger partial charge is 0.319 e. The Labute approximate surface area is 129 Å². The van der Waals surface area contributed by atoms with Crippen LogP contribution in [0.5, 0.6) is 0 Å². The number of hydrogen-bond donors (Lipinski definition) is 2. The van der Waals surface area contributed by atoms with Crippen LogP contribution >= 0.6 is 0 Å². The lowest BCUT2D eigenvalue weighted by molar-refractivity contribution is 0.251. The lowest BCUT2D eigenvalue weighted by atomic mass is 10.2. The minimum atomic E-state index is -0.224. The van der Waals surface area contributed by atoms with E-state index in [9.17, 15) is 4.79 Å². The van der Waals surface area contributed by atoms with Gasteiger partial charge < -0.3 is 15.0 Å². The van der Waals surface area contributed by atoms with E-state index in [4.69, 9.17) is 0 Å². The minimum absolute atomic E-state index is 0.224. The van der Waals surface area contributed by atoms with Gasteiger partial charge in [0, 0.05) is 18.4 Å². The van der Waals surface area contributed by atoms with E-state index in [1.807, 2.05) is 66.9 Å². The molecule has 0 atom stereocenters. The second kappa shape index (κ2) is 5.89. The number of nitrogens with one attached hydrogen (secondary N) is 2. The summed E-state index contributed by atoms with van der Waals surface area (Å²) in [4.78, 5) is 16.4. The van der Waals surface area contributed by atoms with Crippen molar-refractivity contribution in [3.63, 3.8) is 0 Å². The predicted octanol–water partition coefficient (Wildman–Crippen LogP) is 3.27. The molecule has 0 spiro atoms. The largest absolute Gasteiger partial charge is 0.334 e. The first-order chi connectivity index (χ1) is 10.6. The lowest BCUT2D eigenvalue weighted by Crippen LogP contribution is -2.28. The number of anilines is 1. The molecular formula is C17H18N4O. The maximum absolute atomic E-state index is 12.0. The number of imidazole rings is 1. The van der Waals surface area contributed by atoms with E-state index in [1.54, 1.807) is 0 Å². The molecule has 2 heterocycles. The minimum Gasteiger partial charge on any atom is -0.334 e. The second-order valence-electron chi connectivity index (χ2n) is 5.22. The van der Waals surface area contributed by atoms with Crippen LogP contribution in [0.25, 0.3) is 5.65 Å². The third-order valence-corrected chi connectivity index (χ3v) is 3.65. The number of amides is 2. The zero-order valence-corrected chi connectivity index (χ0v) is 12.6. The molecule has 3 rings (SSSR count). The number of rotatable bonds is 3. The highest BCUT2D eigenvalue weighted by Crippen LogP contribution is 2.15. The van der Waals surface area contributed by atoms with Gasteiger partial charge in [0.15, 0.2) is 0 Å². The fourth-order valence-electron chi connectivity index (χ4n) is 2.31. The molecule has 22 heavy (non-hydrogen) atoms. The van der Waals surface area contributed by atoms with E-state index >= 15 is 0 Å². The van der Waals surface area contributed by atoms with Crippen molar-refractivity contribution in [1.29, 1.82) is 0 Å². The Hall–Kier alpha value is -2.82. The van der Waals surface area contributed by atoms with Gasteiger partial charge in [0.05, 0.1) is 11.4 Å². The van der Waals surface area contributed by atoms with Crippen molar-refractivity contribution in [2.45, 2.75) is 20.4 Å². The maximum atomic E-state index is 12.0. The maximum Gasteiger partial charge on any atom is 0.319 e. The van der Waals surface area contributed by atoms with Crippen LogP contribution in [-0.4, -0.2) is 15.4 Å². The Morgan fingerprint density at radius 3 is 2.68 bits per heavy atom. The Morgan fingerprint density at radius 2 is 1.91 bits per heavy atom. The molecule has 2 aromatic heterocycles. The monoisotopic (exact) mass is 294 g/mol. The number of benzene rings is 1. The number of fused-ring (bicyclic) bond motifs is 1. The van der Waals surface area contributed by atoms with Crippen LogP contribution in [0.2, 0.25) is 0 Å². The Kier molecular flexibility index (Phi) is 3.78. The van der Waals surface area contributed by atoms with Gasteiger partial charge in [-0.25, -0.2) is 9.78 Å². The predicted molar refractivity (Wildman–Crippen MR) is 87.0 cm³/mol. The third-order valence-electron chi connectivity index (χ3n) is 3.65. The van der Waals surface area contributed by atoms with Crippen LogP contribution in [0.15, 0.2) is 48.7 Å². The molecule has 0 saturated carbocycles. The molecule has 3 aromatic rings. The highest BCUT2D eigenvalue weighted by molar-refractivity contribution is 5.89. The molecule has 5 nitrogen and oxygen atoms in total. The van der Waals surface area contributed by atoms with Crippen LogP contribution in [0.4, 0.5) is 10.5 Å². The average molecular weight is 294 g/mol. The SMILES string of the molecule is Cc1nc2ccc(NC(=O)NCc3ccccc3)cn2c1C. The number of urea groups is 1. The van der Waals surface area contributed by atoms with E-state index in [0.29, 0.717) is 6.54 Å². The average Bonchev–Trinajstić information content (AvgIpc) is 2.81. The quantitative estimate of drug-likeness (QED) is 0.779. The zero-order chi connectivity index (χ0) is 15.5. The Balaban J connectivity index is 1.67. The number of aryl methyl sites for hydroxylation is 2. The van der Waals surface area contributed by atoms with Gasteiger partial charge in [0.1, 0.15) is 5.65 Å². The first-order valence-corrected chi connectivity index (χ1v) is 7.17. The fraction of sp³-hybridized carbons (Fsp3) is 0.176. The van der Waals surface area contributed by atoms with Crippen molar-refractivity contribution in [3.8, 4) is 0 Å². The Morgan fingerprint density at radius 1 is 1.14 bits per heavy atom. The molecule has 0 aliphatic rings.